The molecule has 2 heterocycles. The van der Waals surface area contributed by atoms with Crippen molar-refractivity contribution < 1.29 is 14.9 Å². The normalized spacial score (nSPS) is 16.6. The van der Waals surface area contributed by atoms with Crippen LogP contribution in [0.15, 0.2) is 60.9 Å². The molecule has 0 bridgehead atoms. The minimum atomic E-state index is -0.728. The number of hydrogen-bond donors (Lipinski definition) is 3. The van der Waals surface area contributed by atoms with Gasteiger partial charge in [-0.1, -0.05) is 48.2 Å². The van der Waals surface area contributed by atoms with Crippen LogP contribution in [-0.4, -0.2) is 45.1 Å². The molecule has 3 aromatic rings. The summed E-state index contributed by atoms with van der Waals surface area (Å²) in [5, 5.41) is 19.6. The Labute approximate surface area is 182 Å². The number of rotatable bonds is 6. The number of nitrogens with two attached hydrogens (primary N) is 1. The van der Waals surface area contributed by atoms with Crippen LogP contribution in [0.25, 0.3) is 11.1 Å². The smallest absolute Gasteiger partial charge is 0.138 e. The number of aromatic nitrogens is 2. The van der Waals surface area contributed by atoms with Gasteiger partial charge in [0, 0.05) is 18.0 Å². The Morgan fingerprint density at radius 1 is 1.13 bits per heavy atom. The average Bonchev–Trinajstić information content (AvgIpc) is 3.24. The van der Waals surface area contributed by atoms with Gasteiger partial charge in [0.05, 0.1) is 25.4 Å². The third kappa shape index (κ3) is 4.87. The molecule has 0 saturated carbocycles. The molecule has 6 nitrogen and oxygen atoms in total. The highest BCUT2D eigenvalue weighted by molar-refractivity contribution is 5.64. The zero-order chi connectivity index (χ0) is 21.8. The van der Waals surface area contributed by atoms with E-state index in [0.29, 0.717) is 19.0 Å². The Morgan fingerprint density at radius 3 is 2.32 bits per heavy atom. The van der Waals surface area contributed by atoms with Crippen LogP contribution in [0.4, 0.5) is 0 Å². The van der Waals surface area contributed by atoms with Crippen LogP contribution < -0.4 is 5.73 Å². The highest BCUT2D eigenvalue weighted by Gasteiger charge is 2.33. The first-order chi connectivity index (χ1) is 15.0. The Kier molecular flexibility index (Phi) is 6.21. The molecular formula is C25H27N3O3. The number of nitrogens with zero attached hydrogens (tertiary/aromatic N) is 2. The lowest BCUT2D eigenvalue weighted by Crippen LogP contribution is -2.58. The van der Waals surface area contributed by atoms with Gasteiger partial charge in [0.25, 0.3) is 0 Å². The summed E-state index contributed by atoms with van der Waals surface area (Å²) in [6.45, 7) is 2.72. The second kappa shape index (κ2) is 9.04. The third-order valence-corrected chi connectivity index (χ3v) is 5.47. The zero-order valence-electron chi connectivity index (χ0n) is 17.5. The van der Waals surface area contributed by atoms with E-state index in [-0.39, 0.29) is 12.1 Å². The van der Waals surface area contributed by atoms with Crippen LogP contribution in [-0.2, 0) is 11.2 Å². The maximum absolute atomic E-state index is 9.83. The van der Waals surface area contributed by atoms with E-state index in [2.05, 4.69) is 41.1 Å². The molecule has 31 heavy (non-hydrogen) atoms. The van der Waals surface area contributed by atoms with Crippen LogP contribution in [0.1, 0.15) is 36.0 Å². The lowest BCUT2D eigenvalue weighted by atomic mass is 9.89. The van der Waals surface area contributed by atoms with Crippen molar-refractivity contribution in [3.63, 3.8) is 0 Å². The molecule has 1 fully saturated rings. The molecule has 2 aromatic carbocycles. The van der Waals surface area contributed by atoms with Gasteiger partial charge in [0.15, 0.2) is 0 Å². The Hall–Kier alpha value is -2.95. The van der Waals surface area contributed by atoms with Crippen molar-refractivity contribution in [2.24, 2.45) is 5.73 Å². The lowest BCUT2D eigenvalue weighted by molar-refractivity contribution is -0.0529. The van der Waals surface area contributed by atoms with Crippen LogP contribution in [0.5, 0.6) is 0 Å². The van der Waals surface area contributed by atoms with Crippen molar-refractivity contribution in [2.45, 2.75) is 31.0 Å². The first-order valence-electron chi connectivity index (χ1n) is 10.4. The summed E-state index contributed by atoms with van der Waals surface area (Å²) in [4.78, 5) is 4.14. The molecule has 4 rings (SSSR count). The summed E-state index contributed by atoms with van der Waals surface area (Å²) < 4.78 is 6.93. The van der Waals surface area contributed by atoms with E-state index in [4.69, 9.17) is 10.5 Å². The monoisotopic (exact) mass is 417 g/mol. The summed E-state index contributed by atoms with van der Waals surface area (Å²) in [6, 6.07) is 16.0. The fourth-order valence-electron chi connectivity index (χ4n) is 3.72. The zero-order valence-corrected chi connectivity index (χ0v) is 17.5. The van der Waals surface area contributed by atoms with Crippen molar-refractivity contribution in [2.75, 3.05) is 19.8 Å². The topological polar surface area (TPSA) is 93.5 Å². The van der Waals surface area contributed by atoms with Gasteiger partial charge in [-0.25, -0.2) is 4.98 Å². The molecule has 160 valence electrons. The summed E-state index contributed by atoms with van der Waals surface area (Å²) in [5.41, 5.74) is 10.3. The molecule has 1 aromatic heterocycles. The molecule has 0 amide bonds. The fraction of sp³-hybridized carbons (Fsp3) is 0.320. The van der Waals surface area contributed by atoms with E-state index in [9.17, 15) is 10.2 Å². The van der Waals surface area contributed by atoms with Gasteiger partial charge in [-0.15, -0.1) is 0 Å². The molecule has 4 N–H and O–H groups in total. The maximum atomic E-state index is 9.83. The molecule has 1 aliphatic heterocycles. The number of imidazole rings is 1. The van der Waals surface area contributed by atoms with Crippen LogP contribution in [0.3, 0.4) is 0 Å². The minimum absolute atomic E-state index is 0.163. The maximum Gasteiger partial charge on any atom is 0.138 e. The van der Waals surface area contributed by atoms with Gasteiger partial charge in [0.1, 0.15) is 18.0 Å². The molecular weight excluding hydrogens is 390 g/mol. The predicted octanol–water partition coefficient (Wildman–Crippen LogP) is 2.46. The molecule has 0 spiro atoms. The average molecular weight is 418 g/mol. The van der Waals surface area contributed by atoms with Crippen molar-refractivity contribution in [1.82, 2.24) is 9.55 Å². The van der Waals surface area contributed by atoms with E-state index in [1.807, 2.05) is 24.3 Å². The quantitative estimate of drug-likeness (QED) is 0.536. The molecule has 0 radical (unpaired) electrons. The van der Waals surface area contributed by atoms with Gasteiger partial charge in [0.2, 0.25) is 0 Å². The van der Waals surface area contributed by atoms with Crippen molar-refractivity contribution in [3.05, 3.63) is 77.9 Å². The fourth-order valence-corrected chi connectivity index (χ4v) is 3.72. The second-order valence-corrected chi connectivity index (χ2v) is 8.14. The first-order valence-corrected chi connectivity index (χ1v) is 10.4. The highest BCUT2D eigenvalue weighted by Crippen LogP contribution is 2.24. The van der Waals surface area contributed by atoms with E-state index >= 15 is 0 Å². The number of ether oxygens (including phenoxy) is 1. The van der Waals surface area contributed by atoms with E-state index in [1.165, 1.54) is 5.56 Å². The van der Waals surface area contributed by atoms with Crippen LogP contribution in [0, 0.1) is 11.8 Å². The summed E-state index contributed by atoms with van der Waals surface area (Å²) >= 11 is 0. The molecule has 2 atom stereocenters. The Balaban J connectivity index is 1.45. The molecule has 1 saturated heterocycles. The number of hydrogen-bond acceptors (Lipinski definition) is 5. The minimum Gasteiger partial charge on any atom is -0.393 e. The summed E-state index contributed by atoms with van der Waals surface area (Å²) in [7, 11) is 0. The molecule has 6 heteroatoms. The Morgan fingerprint density at radius 2 is 1.77 bits per heavy atom. The van der Waals surface area contributed by atoms with Crippen molar-refractivity contribution >= 4 is 0 Å². The standard InChI is InChI=1S/C25H27N3O3/c1-18(30)24-27-12-13-28(24)23(15-29)11-6-19-2-7-21(8-3-19)22-9-4-20(5-10-22)14-25(26)16-31-17-25/h2-5,7-10,12-13,18,23,29-30H,14-17,26H2,1H3. The third-order valence-electron chi connectivity index (χ3n) is 5.47. The highest BCUT2D eigenvalue weighted by atomic mass is 16.5. The lowest BCUT2D eigenvalue weighted by Gasteiger charge is -2.37. The Bertz CT molecular complexity index is 1070. The molecule has 1 aliphatic rings. The van der Waals surface area contributed by atoms with Gasteiger partial charge in [-0.3, -0.25) is 0 Å². The SMILES string of the molecule is CC(O)c1nccn1C(C#Cc1ccc(-c2ccc(CC3(N)COC3)cc2)cc1)CO. The number of aliphatic hydroxyl groups excluding tert-OH is 2. The second-order valence-electron chi connectivity index (χ2n) is 8.14. The van der Waals surface area contributed by atoms with Gasteiger partial charge < -0.3 is 25.3 Å². The van der Waals surface area contributed by atoms with E-state index in [1.54, 1.807) is 23.9 Å². The van der Waals surface area contributed by atoms with E-state index in [0.717, 1.165) is 23.1 Å². The van der Waals surface area contributed by atoms with Gasteiger partial charge in [-0.2, -0.15) is 0 Å². The van der Waals surface area contributed by atoms with Crippen LogP contribution in [0.2, 0.25) is 0 Å². The van der Waals surface area contributed by atoms with E-state index < -0.39 is 12.1 Å². The van der Waals surface area contributed by atoms with Gasteiger partial charge >= 0.3 is 0 Å². The summed E-state index contributed by atoms with van der Waals surface area (Å²) in [6.07, 6.45) is 3.41. The number of benzene rings is 2. The summed E-state index contributed by atoms with van der Waals surface area (Å²) in [5.74, 6) is 6.67. The largest absolute Gasteiger partial charge is 0.393 e. The molecule has 0 aliphatic carbocycles. The predicted molar refractivity (Wildman–Crippen MR) is 119 cm³/mol. The van der Waals surface area contributed by atoms with Crippen LogP contribution >= 0.6 is 0 Å². The molecule has 2 unspecified atom stereocenters. The first kappa shape index (κ1) is 21.3. The van der Waals surface area contributed by atoms with Crippen molar-refractivity contribution in [1.29, 1.82) is 0 Å². The van der Waals surface area contributed by atoms with Gasteiger partial charge in [-0.05, 0) is 42.2 Å². The number of aliphatic hydroxyl groups is 2. The van der Waals surface area contributed by atoms with Crippen molar-refractivity contribution in [3.8, 4) is 23.0 Å².